The molecule has 0 spiro atoms. The van der Waals surface area contributed by atoms with Crippen molar-refractivity contribution in [1.29, 1.82) is 0 Å². The number of halogens is 2. The van der Waals surface area contributed by atoms with Crippen LogP contribution in [0, 0.1) is 6.92 Å². The van der Waals surface area contributed by atoms with Crippen LogP contribution >= 0.6 is 23.2 Å². The minimum atomic E-state index is 0.110. The highest BCUT2D eigenvalue weighted by Crippen LogP contribution is 2.20. The summed E-state index contributed by atoms with van der Waals surface area (Å²) in [4.78, 5) is 0. The second-order valence-electron chi connectivity index (χ2n) is 4.48. The van der Waals surface area contributed by atoms with E-state index in [-0.39, 0.29) is 6.04 Å². The first-order valence-corrected chi connectivity index (χ1v) is 7.07. The van der Waals surface area contributed by atoms with Crippen molar-refractivity contribution in [3.05, 3.63) is 52.3 Å². The molecule has 3 nitrogen and oxygen atoms in total. The van der Waals surface area contributed by atoms with E-state index >= 15 is 0 Å². The first-order chi connectivity index (χ1) is 9.13. The summed E-state index contributed by atoms with van der Waals surface area (Å²) in [5.41, 5.74) is 3.15. The van der Waals surface area contributed by atoms with E-state index in [2.05, 4.69) is 22.5 Å². The molecule has 1 atom stereocenters. The van der Waals surface area contributed by atoms with Gasteiger partial charge in [-0.15, -0.1) is 11.6 Å². The zero-order valence-electron chi connectivity index (χ0n) is 11.0. The van der Waals surface area contributed by atoms with Crippen LogP contribution in [-0.4, -0.2) is 15.7 Å². The van der Waals surface area contributed by atoms with E-state index in [1.165, 1.54) is 5.56 Å². The standard InChI is InChI=1S/C14H17Cl2N3/c1-10-12(14(16)19(2)18-10)9-17-13(8-15)11-6-4-3-5-7-11/h3-7,13,17H,8-9H2,1-2H3. The van der Waals surface area contributed by atoms with Crippen LogP contribution in [0.4, 0.5) is 0 Å². The Kier molecular flexibility index (Phi) is 4.86. The summed E-state index contributed by atoms with van der Waals surface area (Å²) in [5, 5.41) is 8.40. The molecule has 19 heavy (non-hydrogen) atoms. The Morgan fingerprint density at radius 1 is 1.32 bits per heavy atom. The lowest BCUT2D eigenvalue weighted by atomic mass is 10.1. The number of rotatable bonds is 5. The number of nitrogens with one attached hydrogen (secondary N) is 1. The first kappa shape index (κ1) is 14.4. The second-order valence-corrected chi connectivity index (χ2v) is 5.14. The van der Waals surface area contributed by atoms with E-state index in [9.17, 15) is 0 Å². The molecule has 0 aliphatic heterocycles. The van der Waals surface area contributed by atoms with Gasteiger partial charge in [-0.25, -0.2) is 0 Å². The van der Waals surface area contributed by atoms with Crippen molar-refractivity contribution in [2.24, 2.45) is 7.05 Å². The number of benzene rings is 1. The van der Waals surface area contributed by atoms with Gasteiger partial charge in [0.25, 0.3) is 0 Å². The van der Waals surface area contributed by atoms with Gasteiger partial charge in [-0.1, -0.05) is 41.9 Å². The largest absolute Gasteiger partial charge is 0.305 e. The maximum atomic E-state index is 6.21. The molecule has 1 N–H and O–H groups in total. The molecule has 0 amide bonds. The van der Waals surface area contributed by atoms with Crippen molar-refractivity contribution in [2.45, 2.75) is 19.5 Å². The van der Waals surface area contributed by atoms with Crippen LogP contribution in [0.5, 0.6) is 0 Å². The Bertz CT molecular complexity index is 537. The molecule has 0 fully saturated rings. The topological polar surface area (TPSA) is 29.9 Å². The zero-order chi connectivity index (χ0) is 13.8. The predicted molar refractivity (Wildman–Crippen MR) is 79.7 cm³/mol. The molecule has 0 radical (unpaired) electrons. The third-order valence-electron chi connectivity index (χ3n) is 3.15. The summed E-state index contributed by atoms with van der Waals surface area (Å²) >= 11 is 12.3. The van der Waals surface area contributed by atoms with Gasteiger partial charge in [0.15, 0.2) is 0 Å². The molecule has 0 saturated carbocycles. The number of aromatic nitrogens is 2. The van der Waals surface area contributed by atoms with E-state index in [4.69, 9.17) is 23.2 Å². The van der Waals surface area contributed by atoms with Crippen LogP contribution in [0.1, 0.15) is 22.9 Å². The molecule has 2 aromatic rings. The zero-order valence-corrected chi connectivity index (χ0v) is 12.5. The minimum Gasteiger partial charge on any atom is -0.305 e. The van der Waals surface area contributed by atoms with Crippen molar-refractivity contribution in [1.82, 2.24) is 15.1 Å². The third-order valence-corrected chi connectivity index (χ3v) is 3.93. The SMILES string of the molecule is Cc1nn(C)c(Cl)c1CNC(CCl)c1ccccc1. The molecule has 5 heteroatoms. The van der Waals surface area contributed by atoms with E-state index in [1.54, 1.807) is 4.68 Å². The van der Waals surface area contributed by atoms with Gasteiger partial charge in [0.05, 0.1) is 5.69 Å². The molecule has 0 saturated heterocycles. The van der Waals surface area contributed by atoms with Crippen LogP contribution in [0.2, 0.25) is 5.15 Å². The predicted octanol–water partition coefficient (Wildman–Crippen LogP) is 3.45. The molecule has 0 aliphatic carbocycles. The maximum Gasteiger partial charge on any atom is 0.131 e. The Labute approximate surface area is 123 Å². The first-order valence-electron chi connectivity index (χ1n) is 6.15. The van der Waals surface area contributed by atoms with Crippen LogP contribution in [0.15, 0.2) is 30.3 Å². The van der Waals surface area contributed by atoms with E-state index in [1.807, 2.05) is 32.2 Å². The average Bonchev–Trinajstić information content (AvgIpc) is 2.66. The van der Waals surface area contributed by atoms with Crippen LogP contribution in [-0.2, 0) is 13.6 Å². The Morgan fingerprint density at radius 3 is 2.53 bits per heavy atom. The summed E-state index contributed by atoms with van der Waals surface area (Å²) < 4.78 is 1.69. The minimum absolute atomic E-state index is 0.110. The number of hydrogen-bond donors (Lipinski definition) is 1. The van der Waals surface area contributed by atoms with Gasteiger partial charge in [-0.2, -0.15) is 5.10 Å². The summed E-state index contributed by atoms with van der Waals surface area (Å²) in [7, 11) is 1.84. The smallest absolute Gasteiger partial charge is 0.131 e. The third kappa shape index (κ3) is 3.30. The number of nitrogens with zero attached hydrogens (tertiary/aromatic N) is 2. The van der Waals surface area contributed by atoms with Gasteiger partial charge in [-0.05, 0) is 12.5 Å². The van der Waals surface area contributed by atoms with E-state index < -0.39 is 0 Å². The molecule has 1 heterocycles. The van der Waals surface area contributed by atoms with Crippen LogP contribution < -0.4 is 5.32 Å². The fraction of sp³-hybridized carbons (Fsp3) is 0.357. The highest BCUT2D eigenvalue weighted by atomic mass is 35.5. The van der Waals surface area contributed by atoms with E-state index in [0.717, 1.165) is 11.3 Å². The fourth-order valence-electron chi connectivity index (χ4n) is 2.05. The summed E-state index contributed by atoms with van der Waals surface area (Å²) in [6, 6.07) is 10.3. The number of alkyl halides is 1. The molecule has 1 aromatic carbocycles. The van der Waals surface area contributed by atoms with Crippen molar-refractivity contribution in [3.8, 4) is 0 Å². The van der Waals surface area contributed by atoms with E-state index in [0.29, 0.717) is 17.6 Å². The Morgan fingerprint density at radius 2 is 2.00 bits per heavy atom. The Hall–Kier alpha value is -1.03. The lowest BCUT2D eigenvalue weighted by Gasteiger charge is -2.16. The maximum absolute atomic E-state index is 6.21. The molecule has 1 aromatic heterocycles. The van der Waals surface area contributed by atoms with Crippen LogP contribution in [0.3, 0.4) is 0 Å². The van der Waals surface area contributed by atoms with Gasteiger partial charge in [-0.3, -0.25) is 4.68 Å². The van der Waals surface area contributed by atoms with Crippen LogP contribution in [0.25, 0.3) is 0 Å². The average molecular weight is 298 g/mol. The second kappa shape index (κ2) is 6.42. The molecule has 0 aliphatic rings. The highest BCUT2D eigenvalue weighted by molar-refractivity contribution is 6.30. The fourth-order valence-corrected chi connectivity index (χ4v) is 2.58. The summed E-state index contributed by atoms with van der Waals surface area (Å²) in [6.07, 6.45) is 0. The van der Waals surface area contributed by atoms with Gasteiger partial charge in [0.2, 0.25) is 0 Å². The van der Waals surface area contributed by atoms with Gasteiger partial charge < -0.3 is 5.32 Å². The molecule has 1 unspecified atom stereocenters. The number of hydrogen-bond acceptors (Lipinski definition) is 2. The summed E-state index contributed by atoms with van der Waals surface area (Å²) in [5.74, 6) is 0.515. The molecular formula is C14H17Cl2N3. The highest BCUT2D eigenvalue weighted by Gasteiger charge is 2.14. The summed E-state index contributed by atoms with van der Waals surface area (Å²) in [6.45, 7) is 2.62. The van der Waals surface area contributed by atoms with Gasteiger partial charge in [0, 0.05) is 31.1 Å². The quantitative estimate of drug-likeness (QED) is 0.857. The molecular weight excluding hydrogens is 281 g/mol. The molecule has 102 valence electrons. The number of aryl methyl sites for hydroxylation is 2. The normalized spacial score (nSPS) is 12.6. The molecule has 2 rings (SSSR count). The van der Waals surface area contributed by atoms with Gasteiger partial charge >= 0.3 is 0 Å². The van der Waals surface area contributed by atoms with Crippen molar-refractivity contribution >= 4 is 23.2 Å². The Balaban J connectivity index is 2.08. The monoisotopic (exact) mass is 297 g/mol. The van der Waals surface area contributed by atoms with Gasteiger partial charge in [0.1, 0.15) is 5.15 Å². The van der Waals surface area contributed by atoms with Crippen molar-refractivity contribution < 1.29 is 0 Å². The lowest BCUT2D eigenvalue weighted by molar-refractivity contribution is 0.578. The van der Waals surface area contributed by atoms with Crippen molar-refractivity contribution in [3.63, 3.8) is 0 Å². The van der Waals surface area contributed by atoms with Crippen molar-refractivity contribution in [2.75, 3.05) is 5.88 Å². The molecule has 0 bridgehead atoms. The lowest BCUT2D eigenvalue weighted by Crippen LogP contribution is -2.22.